The van der Waals surface area contributed by atoms with Crippen LogP contribution in [-0.2, 0) is 9.53 Å². The molecule has 0 fully saturated rings. The number of anilines is 1. The van der Waals surface area contributed by atoms with Crippen LogP contribution in [0.1, 0.15) is 20.8 Å². The molecule has 1 aromatic rings. The Hall–Kier alpha value is -1.85. The van der Waals surface area contributed by atoms with Crippen molar-refractivity contribution in [2.24, 2.45) is 0 Å². The Kier molecular flexibility index (Phi) is 5.35. The molecule has 0 atom stereocenters. The van der Waals surface area contributed by atoms with Gasteiger partial charge in [-0.15, -0.1) is 0 Å². The number of nitrogens with zero attached hydrogens (tertiary/aromatic N) is 3. The summed E-state index contributed by atoms with van der Waals surface area (Å²) in [6.45, 7) is 6.48. The molecule has 18 heavy (non-hydrogen) atoms. The van der Waals surface area contributed by atoms with Gasteiger partial charge in [0.2, 0.25) is 5.88 Å². The van der Waals surface area contributed by atoms with Crippen molar-refractivity contribution in [2.45, 2.75) is 26.8 Å². The molecule has 0 radical (unpaired) electrons. The molecule has 6 heteroatoms. The molecule has 0 saturated heterocycles. The van der Waals surface area contributed by atoms with Gasteiger partial charge in [-0.1, -0.05) is 0 Å². The lowest BCUT2D eigenvalue weighted by atomic mass is 10.3. The third-order valence-electron chi connectivity index (χ3n) is 2.34. The summed E-state index contributed by atoms with van der Waals surface area (Å²) in [6, 6.07) is 0.107. The smallest absolute Gasteiger partial charge is 0.325 e. The zero-order chi connectivity index (χ0) is 13.5. The Morgan fingerprint density at radius 3 is 2.72 bits per heavy atom. The molecule has 1 heterocycles. The highest BCUT2D eigenvalue weighted by atomic mass is 16.5. The minimum atomic E-state index is -0.313. The van der Waals surface area contributed by atoms with Crippen LogP contribution in [0.2, 0.25) is 0 Å². The van der Waals surface area contributed by atoms with E-state index >= 15 is 0 Å². The van der Waals surface area contributed by atoms with E-state index in [1.807, 2.05) is 20.8 Å². The highest BCUT2D eigenvalue weighted by Crippen LogP contribution is 2.16. The fourth-order valence-corrected chi connectivity index (χ4v) is 1.43. The van der Waals surface area contributed by atoms with Crippen molar-refractivity contribution >= 4 is 11.8 Å². The molecular formula is C12H19N3O3. The second-order valence-corrected chi connectivity index (χ2v) is 3.95. The van der Waals surface area contributed by atoms with Crippen molar-refractivity contribution in [1.82, 2.24) is 9.97 Å². The van der Waals surface area contributed by atoms with Crippen molar-refractivity contribution in [2.75, 3.05) is 25.2 Å². The summed E-state index contributed by atoms with van der Waals surface area (Å²) in [6.07, 6.45) is 3.15. The Labute approximate surface area is 107 Å². The van der Waals surface area contributed by atoms with Gasteiger partial charge in [-0.25, -0.2) is 0 Å². The van der Waals surface area contributed by atoms with E-state index in [2.05, 4.69) is 14.7 Å². The van der Waals surface area contributed by atoms with Gasteiger partial charge in [0, 0.05) is 6.04 Å². The van der Waals surface area contributed by atoms with E-state index in [0.717, 1.165) is 0 Å². The number of ether oxygens (including phenoxy) is 2. The van der Waals surface area contributed by atoms with Crippen molar-refractivity contribution in [3.8, 4) is 5.88 Å². The van der Waals surface area contributed by atoms with E-state index in [0.29, 0.717) is 18.3 Å². The Morgan fingerprint density at radius 1 is 1.44 bits per heavy atom. The van der Waals surface area contributed by atoms with Crippen LogP contribution in [0.5, 0.6) is 5.88 Å². The van der Waals surface area contributed by atoms with Gasteiger partial charge in [0.05, 0.1) is 26.1 Å². The minimum Gasteiger partial charge on any atom is -0.477 e. The molecule has 0 unspecified atom stereocenters. The fraction of sp³-hybridized carbons (Fsp3) is 0.583. The summed E-state index contributed by atoms with van der Waals surface area (Å²) in [5, 5.41) is 0. The van der Waals surface area contributed by atoms with Crippen LogP contribution in [0.4, 0.5) is 5.82 Å². The van der Waals surface area contributed by atoms with Crippen LogP contribution in [0.15, 0.2) is 12.4 Å². The molecule has 0 aliphatic rings. The van der Waals surface area contributed by atoms with Gasteiger partial charge >= 0.3 is 5.97 Å². The van der Waals surface area contributed by atoms with Crippen LogP contribution < -0.4 is 9.64 Å². The molecule has 1 aromatic heterocycles. The first-order valence-electron chi connectivity index (χ1n) is 5.86. The molecule has 0 N–H and O–H groups in total. The van der Waals surface area contributed by atoms with Crippen LogP contribution in [-0.4, -0.2) is 42.2 Å². The molecule has 0 aromatic carbocycles. The van der Waals surface area contributed by atoms with E-state index in [1.165, 1.54) is 7.11 Å². The van der Waals surface area contributed by atoms with Gasteiger partial charge in [0.25, 0.3) is 0 Å². The molecule has 0 amide bonds. The summed E-state index contributed by atoms with van der Waals surface area (Å²) < 4.78 is 9.96. The van der Waals surface area contributed by atoms with E-state index in [1.54, 1.807) is 17.3 Å². The Bertz CT molecular complexity index is 396. The summed E-state index contributed by atoms with van der Waals surface area (Å²) >= 11 is 0. The van der Waals surface area contributed by atoms with Crippen LogP contribution in [0, 0.1) is 0 Å². The summed E-state index contributed by atoms with van der Waals surface area (Å²) in [4.78, 5) is 21.5. The number of carbonyl (C=O) groups excluding carboxylic acids is 1. The number of esters is 1. The maximum absolute atomic E-state index is 11.4. The predicted octanol–water partition coefficient (Wildman–Crippen LogP) is 1.26. The van der Waals surface area contributed by atoms with Gasteiger partial charge in [0.15, 0.2) is 5.82 Å². The molecule has 100 valence electrons. The average Bonchev–Trinajstić information content (AvgIpc) is 2.36. The number of rotatable bonds is 6. The third-order valence-corrected chi connectivity index (χ3v) is 2.34. The Morgan fingerprint density at radius 2 is 2.17 bits per heavy atom. The first-order chi connectivity index (χ1) is 8.58. The molecule has 0 bridgehead atoms. The molecule has 0 spiro atoms. The highest BCUT2D eigenvalue weighted by molar-refractivity contribution is 5.75. The van der Waals surface area contributed by atoms with Crippen LogP contribution in [0.25, 0.3) is 0 Å². The first kappa shape index (κ1) is 14.2. The highest BCUT2D eigenvalue weighted by Gasteiger charge is 2.17. The van der Waals surface area contributed by atoms with Crippen molar-refractivity contribution < 1.29 is 14.3 Å². The summed E-state index contributed by atoms with van der Waals surface area (Å²) in [7, 11) is 1.36. The largest absolute Gasteiger partial charge is 0.477 e. The molecule has 6 nitrogen and oxygen atoms in total. The quantitative estimate of drug-likeness (QED) is 0.711. The molecule has 0 aliphatic heterocycles. The summed E-state index contributed by atoms with van der Waals surface area (Å²) in [5.41, 5.74) is 0. The molecule has 0 saturated carbocycles. The number of carbonyl (C=O) groups is 1. The predicted molar refractivity (Wildman–Crippen MR) is 67.7 cm³/mol. The zero-order valence-corrected chi connectivity index (χ0v) is 11.2. The summed E-state index contributed by atoms with van der Waals surface area (Å²) in [5.74, 6) is 0.735. The maximum Gasteiger partial charge on any atom is 0.325 e. The lowest BCUT2D eigenvalue weighted by Gasteiger charge is -2.26. The average molecular weight is 253 g/mol. The SMILES string of the molecule is CCOc1cncc(N(CC(=O)OC)C(C)C)n1. The zero-order valence-electron chi connectivity index (χ0n) is 11.2. The first-order valence-corrected chi connectivity index (χ1v) is 5.86. The number of hydrogen-bond donors (Lipinski definition) is 0. The van der Waals surface area contributed by atoms with Crippen molar-refractivity contribution in [3.05, 3.63) is 12.4 Å². The lowest BCUT2D eigenvalue weighted by molar-refractivity contribution is -0.139. The minimum absolute atomic E-state index is 0.107. The molecule has 1 rings (SSSR count). The number of hydrogen-bond acceptors (Lipinski definition) is 6. The number of methoxy groups -OCH3 is 1. The normalized spacial score (nSPS) is 10.3. The maximum atomic E-state index is 11.4. The van der Waals surface area contributed by atoms with Crippen LogP contribution >= 0.6 is 0 Å². The standard InChI is InChI=1S/C12H19N3O3/c1-5-18-11-7-13-6-10(14-11)15(9(2)3)8-12(16)17-4/h6-7,9H,5,8H2,1-4H3. The van der Waals surface area contributed by atoms with Gasteiger partial charge in [-0.05, 0) is 20.8 Å². The monoisotopic (exact) mass is 253 g/mol. The molecule has 0 aliphatic carbocycles. The fourth-order valence-electron chi connectivity index (χ4n) is 1.43. The third kappa shape index (κ3) is 3.87. The second kappa shape index (κ2) is 6.78. The second-order valence-electron chi connectivity index (χ2n) is 3.95. The van der Waals surface area contributed by atoms with Gasteiger partial charge < -0.3 is 14.4 Å². The number of aromatic nitrogens is 2. The lowest BCUT2D eigenvalue weighted by Crippen LogP contribution is -2.37. The van der Waals surface area contributed by atoms with Gasteiger partial charge in [-0.3, -0.25) is 9.78 Å². The molecular weight excluding hydrogens is 234 g/mol. The van der Waals surface area contributed by atoms with Crippen LogP contribution in [0.3, 0.4) is 0 Å². The van der Waals surface area contributed by atoms with Gasteiger partial charge in [0.1, 0.15) is 6.54 Å². The van der Waals surface area contributed by atoms with E-state index in [4.69, 9.17) is 4.74 Å². The van der Waals surface area contributed by atoms with Crippen molar-refractivity contribution in [3.63, 3.8) is 0 Å². The Balaban J connectivity index is 2.91. The van der Waals surface area contributed by atoms with Crippen molar-refractivity contribution in [1.29, 1.82) is 0 Å². The van der Waals surface area contributed by atoms with Gasteiger partial charge in [-0.2, -0.15) is 4.98 Å². The topological polar surface area (TPSA) is 64.5 Å². The van der Waals surface area contributed by atoms with E-state index in [-0.39, 0.29) is 18.6 Å². The van der Waals surface area contributed by atoms with E-state index in [9.17, 15) is 4.79 Å². The van der Waals surface area contributed by atoms with E-state index < -0.39 is 0 Å².